The summed E-state index contributed by atoms with van der Waals surface area (Å²) >= 11 is 0. The molecule has 158 valence electrons. The van der Waals surface area contributed by atoms with Gasteiger partial charge in [0, 0.05) is 11.8 Å². The normalized spacial score (nSPS) is 11.5. The van der Waals surface area contributed by atoms with Gasteiger partial charge in [0.05, 0.1) is 16.5 Å². The van der Waals surface area contributed by atoms with E-state index in [4.69, 9.17) is 9.15 Å². The maximum Gasteiger partial charge on any atom is 0.257 e. The van der Waals surface area contributed by atoms with E-state index in [0.717, 1.165) is 12.5 Å². The molecule has 0 radical (unpaired) electrons. The molecule has 4 rings (SSSR count). The van der Waals surface area contributed by atoms with E-state index in [1.165, 1.54) is 36.4 Å². The highest BCUT2D eigenvalue weighted by molar-refractivity contribution is 7.90. The number of hydrogen-bond donors (Lipinski definition) is 1. The van der Waals surface area contributed by atoms with Gasteiger partial charge in [0.15, 0.2) is 9.84 Å². The molecule has 0 fully saturated rings. The number of amides is 1. The number of hydrogen-bond acceptors (Lipinski definition) is 6. The van der Waals surface area contributed by atoms with Gasteiger partial charge in [-0.15, -0.1) is 0 Å². The summed E-state index contributed by atoms with van der Waals surface area (Å²) < 4.78 is 47.9. The number of carbonyl (C=O) groups is 1. The standard InChI is InChI=1S/C22H17FN2O5S/c1-13-9-18-19(29-13)10-14(22(26)25-21-8-3-15(23)12-24-21)11-20(18)30-16-4-6-17(7-5-16)31(2,27)28/h3-12H,1-2H3,(H,24,25,26). The van der Waals surface area contributed by atoms with Crippen molar-refractivity contribution >= 4 is 32.5 Å². The highest BCUT2D eigenvalue weighted by atomic mass is 32.2. The lowest BCUT2D eigenvalue weighted by Crippen LogP contribution is -2.13. The van der Waals surface area contributed by atoms with Crippen LogP contribution >= 0.6 is 0 Å². The zero-order valence-corrected chi connectivity index (χ0v) is 17.4. The first-order valence-electron chi connectivity index (χ1n) is 9.14. The predicted octanol–water partition coefficient (Wildman–Crippen LogP) is 4.72. The minimum Gasteiger partial charge on any atom is -0.461 e. The number of nitrogens with zero attached hydrogens (tertiary/aromatic N) is 1. The summed E-state index contributed by atoms with van der Waals surface area (Å²) in [5, 5.41) is 3.25. The van der Waals surface area contributed by atoms with E-state index in [9.17, 15) is 17.6 Å². The molecule has 2 heterocycles. The number of benzene rings is 2. The lowest BCUT2D eigenvalue weighted by atomic mass is 10.1. The molecule has 1 N–H and O–H groups in total. The molecular weight excluding hydrogens is 423 g/mol. The third-order valence-corrected chi connectivity index (χ3v) is 5.56. The summed E-state index contributed by atoms with van der Waals surface area (Å²) in [4.78, 5) is 16.7. The number of ether oxygens (including phenoxy) is 1. The van der Waals surface area contributed by atoms with Gasteiger partial charge in [-0.3, -0.25) is 4.79 Å². The Bertz CT molecular complexity index is 1380. The first kappa shape index (κ1) is 20.5. The monoisotopic (exact) mass is 440 g/mol. The first-order valence-corrected chi connectivity index (χ1v) is 11.0. The van der Waals surface area contributed by atoms with Crippen molar-refractivity contribution in [1.29, 1.82) is 0 Å². The van der Waals surface area contributed by atoms with Gasteiger partial charge in [-0.1, -0.05) is 0 Å². The van der Waals surface area contributed by atoms with Crippen molar-refractivity contribution in [1.82, 2.24) is 4.98 Å². The molecule has 0 atom stereocenters. The van der Waals surface area contributed by atoms with Crippen molar-refractivity contribution in [2.24, 2.45) is 0 Å². The molecule has 0 aliphatic carbocycles. The number of furan rings is 1. The van der Waals surface area contributed by atoms with E-state index in [0.29, 0.717) is 28.2 Å². The lowest BCUT2D eigenvalue weighted by molar-refractivity contribution is 0.102. The molecule has 9 heteroatoms. The SMILES string of the molecule is Cc1cc2c(Oc3ccc(S(C)(=O)=O)cc3)cc(C(=O)Nc3ccc(F)cn3)cc2o1. The maximum atomic E-state index is 13.0. The lowest BCUT2D eigenvalue weighted by Gasteiger charge is -2.10. The number of aryl methyl sites for hydroxylation is 1. The molecule has 4 aromatic rings. The number of nitrogens with one attached hydrogen (secondary N) is 1. The van der Waals surface area contributed by atoms with Crippen LogP contribution in [0.4, 0.5) is 10.2 Å². The fraction of sp³-hybridized carbons (Fsp3) is 0.0909. The Balaban J connectivity index is 1.67. The topological polar surface area (TPSA) is 98.5 Å². The van der Waals surface area contributed by atoms with Crippen molar-refractivity contribution in [2.75, 3.05) is 11.6 Å². The van der Waals surface area contributed by atoms with Crippen molar-refractivity contribution in [3.63, 3.8) is 0 Å². The second-order valence-electron chi connectivity index (χ2n) is 6.90. The van der Waals surface area contributed by atoms with Gasteiger partial charge in [-0.05, 0) is 61.5 Å². The van der Waals surface area contributed by atoms with E-state index in [1.807, 2.05) is 0 Å². The molecule has 0 aliphatic heterocycles. The van der Waals surface area contributed by atoms with Crippen LogP contribution in [-0.4, -0.2) is 25.6 Å². The molecular formula is C22H17FN2O5S. The number of fused-ring (bicyclic) bond motifs is 1. The van der Waals surface area contributed by atoms with Gasteiger partial charge < -0.3 is 14.5 Å². The van der Waals surface area contributed by atoms with Crippen molar-refractivity contribution in [3.8, 4) is 11.5 Å². The average molecular weight is 440 g/mol. The Morgan fingerprint density at radius 3 is 2.48 bits per heavy atom. The van der Waals surface area contributed by atoms with E-state index in [2.05, 4.69) is 10.3 Å². The molecule has 0 bridgehead atoms. The second kappa shape index (κ2) is 7.84. The first-order chi connectivity index (χ1) is 14.7. The molecule has 2 aromatic carbocycles. The summed E-state index contributed by atoms with van der Waals surface area (Å²) in [5.41, 5.74) is 0.690. The molecule has 2 aromatic heterocycles. The van der Waals surface area contributed by atoms with Crippen LogP contribution in [-0.2, 0) is 9.84 Å². The Kier molecular flexibility index (Phi) is 5.20. The van der Waals surface area contributed by atoms with Crippen LogP contribution in [0.1, 0.15) is 16.1 Å². The smallest absolute Gasteiger partial charge is 0.257 e. The number of carbonyl (C=O) groups excluding carboxylic acids is 1. The molecule has 7 nitrogen and oxygen atoms in total. The minimum atomic E-state index is -3.33. The van der Waals surface area contributed by atoms with Crippen LogP contribution in [0.15, 0.2) is 70.1 Å². The van der Waals surface area contributed by atoms with Gasteiger partial charge in [0.1, 0.15) is 34.5 Å². The van der Waals surface area contributed by atoms with E-state index in [-0.39, 0.29) is 16.3 Å². The van der Waals surface area contributed by atoms with Crippen LogP contribution in [0.2, 0.25) is 0 Å². The van der Waals surface area contributed by atoms with Gasteiger partial charge in [-0.25, -0.2) is 17.8 Å². The molecule has 0 spiro atoms. The molecule has 0 unspecified atom stereocenters. The van der Waals surface area contributed by atoms with Crippen molar-refractivity contribution in [2.45, 2.75) is 11.8 Å². The maximum absolute atomic E-state index is 13.0. The fourth-order valence-corrected chi connectivity index (χ4v) is 3.60. The van der Waals surface area contributed by atoms with Crippen LogP contribution in [0.3, 0.4) is 0 Å². The van der Waals surface area contributed by atoms with Crippen LogP contribution < -0.4 is 10.1 Å². The molecule has 1 amide bonds. The largest absolute Gasteiger partial charge is 0.461 e. The minimum absolute atomic E-state index is 0.170. The zero-order chi connectivity index (χ0) is 22.2. The average Bonchev–Trinajstić information content (AvgIpc) is 3.10. The highest BCUT2D eigenvalue weighted by Crippen LogP contribution is 2.34. The van der Waals surface area contributed by atoms with Crippen LogP contribution in [0.5, 0.6) is 11.5 Å². The summed E-state index contributed by atoms with van der Waals surface area (Å²) in [7, 11) is -3.33. The number of rotatable bonds is 5. The number of aromatic nitrogens is 1. The Labute approximate surface area is 177 Å². The fourth-order valence-electron chi connectivity index (χ4n) is 2.97. The van der Waals surface area contributed by atoms with Gasteiger partial charge in [0.2, 0.25) is 0 Å². The highest BCUT2D eigenvalue weighted by Gasteiger charge is 2.16. The summed E-state index contributed by atoms with van der Waals surface area (Å²) in [6.45, 7) is 1.77. The number of sulfone groups is 1. The Hall–Kier alpha value is -3.72. The van der Waals surface area contributed by atoms with Crippen molar-refractivity contribution in [3.05, 3.63) is 77.9 Å². The summed E-state index contributed by atoms with van der Waals surface area (Å²) in [6.07, 6.45) is 2.13. The Morgan fingerprint density at radius 1 is 1.10 bits per heavy atom. The quantitative estimate of drug-likeness (QED) is 0.482. The predicted molar refractivity (Wildman–Crippen MR) is 113 cm³/mol. The molecule has 31 heavy (non-hydrogen) atoms. The number of anilines is 1. The van der Waals surface area contributed by atoms with Gasteiger partial charge in [0.25, 0.3) is 5.91 Å². The van der Waals surface area contributed by atoms with E-state index >= 15 is 0 Å². The Morgan fingerprint density at radius 2 is 1.84 bits per heavy atom. The summed E-state index contributed by atoms with van der Waals surface area (Å²) in [5.74, 6) is 0.588. The third-order valence-electron chi connectivity index (χ3n) is 4.43. The van der Waals surface area contributed by atoms with Crippen LogP contribution in [0.25, 0.3) is 11.0 Å². The summed E-state index contributed by atoms with van der Waals surface area (Å²) in [6, 6.07) is 13.4. The van der Waals surface area contributed by atoms with E-state index < -0.39 is 21.6 Å². The molecule has 0 saturated carbocycles. The van der Waals surface area contributed by atoms with Gasteiger partial charge in [-0.2, -0.15) is 0 Å². The van der Waals surface area contributed by atoms with Gasteiger partial charge >= 0.3 is 0 Å². The van der Waals surface area contributed by atoms with Crippen molar-refractivity contribution < 1.29 is 26.8 Å². The number of halogens is 1. The zero-order valence-electron chi connectivity index (χ0n) is 16.5. The van der Waals surface area contributed by atoms with E-state index in [1.54, 1.807) is 25.1 Å². The molecule has 0 saturated heterocycles. The third kappa shape index (κ3) is 4.56. The van der Waals surface area contributed by atoms with Crippen LogP contribution in [0, 0.1) is 12.7 Å². The number of pyridine rings is 1. The molecule has 0 aliphatic rings. The second-order valence-corrected chi connectivity index (χ2v) is 8.92.